The molecule has 0 saturated heterocycles. The molecule has 0 saturated carbocycles. The average Bonchev–Trinajstić information content (AvgIpc) is 3.35. The van der Waals surface area contributed by atoms with Gasteiger partial charge >= 0.3 is 0 Å². The topological polar surface area (TPSA) is 90.1 Å². The second-order valence-electron chi connectivity index (χ2n) is 6.50. The van der Waals surface area contributed by atoms with Gasteiger partial charge in [0.05, 0.1) is 16.8 Å². The quantitative estimate of drug-likeness (QED) is 0.433. The van der Waals surface area contributed by atoms with E-state index in [2.05, 4.69) is 20.4 Å². The lowest BCUT2D eigenvalue weighted by atomic mass is 10.2. The summed E-state index contributed by atoms with van der Waals surface area (Å²) in [7, 11) is 0. The van der Waals surface area contributed by atoms with E-state index in [0.717, 1.165) is 16.0 Å². The summed E-state index contributed by atoms with van der Waals surface area (Å²) in [5, 5.41) is 7.28. The van der Waals surface area contributed by atoms with Gasteiger partial charge in [-0.1, -0.05) is 16.5 Å². The van der Waals surface area contributed by atoms with Gasteiger partial charge in [0.2, 0.25) is 17.6 Å². The van der Waals surface area contributed by atoms with Crippen LogP contribution in [0.1, 0.15) is 25.7 Å². The number of fused-ring (bicyclic) bond motifs is 1. The van der Waals surface area contributed by atoms with Gasteiger partial charge in [0.25, 0.3) is 0 Å². The Hall–Kier alpha value is -3.33. The van der Waals surface area contributed by atoms with E-state index in [1.54, 1.807) is 12.1 Å². The van der Waals surface area contributed by atoms with E-state index >= 15 is 0 Å². The molecule has 0 bridgehead atoms. The Bertz CT molecular complexity index is 1160. The van der Waals surface area contributed by atoms with Crippen LogP contribution in [-0.2, 0) is 11.2 Å². The molecule has 7 nitrogen and oxygen atoms in total. The normalized spacial score (nSPS) is 11.0. The third kappa shape index (κ3) is 4.80. The molecule has 0 atom stereocenters. The summed E-state index contributed by atoms with van der Waals surface area (Å²) in [5.74, 6) is 1.17. The van der Waals surface area contributed by atoms with Crippen LogP contribution < -0.4 is 10.1 Å². The molecule has 9 heteroatoms. The maximum Gasteiger partial charge on any atom is 0.226 e. The van der Waals surface area contributed by atoms with Crippen LogP contribution in [0.5, 0.6) is 5.75 Å². The number of ether oxygens (including phenoxy) is 1. The van der Waals surface area contributed by atoms with E-state index in [0.29, 0.717) is 48.3 Å². The van der Waals surface area contributed by atoms with Gasteiger partial charge in [0.15, 0.2) is 5.13 Å². The van der Waals surface area contributed by atoms with Gasteiger partial charge in [-0.3, -0.25) is 4.79 Å². The molecule has 30 heavy (non-hydrogen) atoms. The van der Waals surface area contributed by atoms with Gasteiger partial charge in [-0.05, 0) is 55.8 Å². The van der Waals surface area contributed by atoms with Gasteiger partial charge in [0, 0.05) is 18.4 Å². The van der Waals surface area contributed by atoms with Crippen LogP contribution in [0.25, 0.3) is 21.6 Å². The van der Waals surface area contributed by atoms with Crippen LogP contribution in [0.15, 0.2) is 47.0 Å². The van der Waals surface area contributed by atoms with E-state index < -0.39 is 0 Å². The number of rotatable bonds is 8. The highest BCUT2D eigenvalue weighted by molar-refractivity contribution is 7.22. The SMILES string of the molecule is CCOc1ccc2nc(NC(=O)CCCc3nc(-c4ccc(F)cc4)no3)sc2c1. The number of benzene rings is 2. The highest BCUT2D eigenvalue weighted by Crippen LogP contribution is 2.29. The van der Waals surface area contributed by atoms with Crippen molar-refractivity contribution in [1.29, 1.82) is 0 Å². The zero-order chi connectivity index (χ0) is 20.9. The molecule has 0 unspecified atom stereocenters. The predicted molar refractivity (Wildman–Crippen MR) is 112 cm³/mol. The van der Waals surface area contributed by atoms with Crippen molar-refractivity contribution >= 4 is 32.6 Å². The number of nitrogens with one attached hydrogen (secondary N) is 1. The van der Waals surface area contributed by atoms with Gasteiger partial charge in [0.1, 0.15) is 11.6 Å². The number of nitrogens with zero attached hydrogens (tertiary/aromatic N) is 3. The molecular formula is C21H19FN4O3S. The molecule has 0 aliphatic rings. The number of hydrogen-bond donors (Lipinski definition) is 1. The summed E-state index contributed by atoms with van der Waals surface area (Å²) in [6, 6.07) is 11.5. The Morgan fingerprint density at radius 2 is 2.03 bits per heavy atom. The molecule has 154 valence electrons. The molecule has 0 fully saturated rings. The number of amides is 1. The van der Waals surface area contributed by atoms with Gasteiger partial charge in [-0.25, -0.2) is 9.37 Å². The second-order valence-corrected chi connectivity index (χ2v) is 7.53. The van der Waals surface area contributed by atoms with Crippen molar-refractivity contribution in [2.45, 2.75) is 26.2 Å². The molecule has 0 spiro atoms. The van der Waals surface area contributed by atoms with E-state index in [1.807, 2.05) is 25.1 Å². The zero-order valence-electron chi connectivity index (χ0n) is 16.2. The first-order valence-electron chi connectivity index (χ1n) is 9.52. The Kier molecular flexibility index (Phi) is 5.99. The molecule has 2 heterocycles. The monoisotopic (exact) mass is 426 g/mol. The van der Waals surface area contributed by atoms with Crippen LogP contribution in [0.2, 0.25) is 0 Å². The summed E-state index contributed by atoms with van der Waals surface area (Å²) < 4.78 is 24.7. The van der Waals surface area contributed by atoms with Crippen LogP contribution in [0.4, 0.5) is 9.52 Å². The molecule has 0 aliphatic heterocycles. The van der Waals surface area contributed by atoms with Crippen molar-refractivity contribution in [2.24, 2.45) is 0 Å². The third-order valence-electron chi connectivity index (χ3n) is 4.28. The fourth-order valence-corrected chi connectivity index (χ4v) is 3.78. The van der Waals surface area contributed by atoms with Crippen LogP contribution in [-0.4, -0.2) is 27.6 Å². The van der Waals surface area contributed by atoms with Gasteiger partial charge in [-0.2, -0.15) is 4.98 Å². The molecule has 1 amide bonds. The van der Waals surface area contributed by atoms with Gasteiger partial charge < -0.3 is 14.6 Å². The maximum absolute atomic E-state index is 13.0. The lowest BCUT2D eigenvalue weighted by Crippen LogP contribution is -2.11. The molecule has 1 N–H and O–H groups in total. The lowest BCUT2D eigenvalue weighted by Gasteiger charge is -2.00. The predicted octanol–water partition coefficient (Wildman–Crippen LogP) is 4.85. The smallest absolute Gasteiger partial charge is 0.226 e. The molecule has 4 rings (SSSR count). The Morgan fingerprint density at radius 1 is 1.20 bits per heavy atom. The lowest BCUT2D eigenvalue weighted by molar-refractivity contribution is -0.116. The minimum absolute atomic E-state index is 0.127. The molecular weight excluding hydrogens is 407 g/mol. The fraction of sp³-hybridized carbons (Fsp3) is 0.238. The summed E-state index contributed by atoms with van der Waals surface area (Å²) in [4.78, 5) is 21.0. The number of hydrogen-bond acceptors (Lipinski definition) is 7. The van der Waals surface area contributed by atoms with Crippen molar-refractivity contribution in [3.63, 3.8) is 0 Å². The summed E-state index contributed by atoms with van der Waals surface area (Å²) >= 11 is 1.41. The van der Waals surface area contributed by atoms with Crippen molar-refractivity contribution in [1.82, 2.24) is 15.1 Å². The van der Waals surface area contributed by atoms with Crippen molar-refractivity contribution in [2.75, 3.05) is 11.9 Å². The molecule has 0 radical (unpaired) electrons. The number of thiazole rings is 1. The van der Waals surface area contributed by atoms with Crippen LogP contribution >= 0.6 is 11.3 Å². The zero-order valence-corrected chi connectivity index (χ0v) is 17.0. The Morgan fingerprint density at radius 3 is 2.83 bits per heavy atom. The first kappa shape index (κ1) is 20.0. The Labute approximate surface area is 175 Å². The van der Waals surface area contributed by atoms with Crippen molar-refractivity contribution < 1.29 is 18.4 Å². The van der Waals surface area contributed by atoms with E-state index in [4.69, 9.17) is 9.26 Å². The Balaban J connectivity index is 1.29. The minimum atomic E-state index is -0.323. The minimum Gasteiger partial charge on any atom is -0.494 e. The molecule has 2 aromatic carbocycles. The van der Waals surface area contributed by atoms with Gasteiger partial charge in [-0.15, -0.1) is 0 Å². The van der Waals surface area contributed by atoms with E-state index in [-0.39, 0.29) is 11.7 Å². The standard InChI is InChI=1S/C21H19FN4O3S/c1-2-28-15-10-11-16-17(12-15)30-21(23-16)24-18(27)4-3-5-19-25-20(26-29-19)13-6-8-14(22)9-7-13/h6-12H,2-5H2,1H3,(H,23,24,27). The second kappa shape index (κ2) is 9.00. The number of aryl methyl sites for hydroxylation is 1. The van der Waals surface area contributed by atoms with Crippen molar-refractivity contribution in [3.8, 4) is 17.1 Å². The van der Waals surface area contributed by atoms with Crippen molar-refractivity contribution in [3.05, 3.63) is 54.2 Å². The first-order valence-corrected chi connectivity index (χ1v) is 10.3. The fourth-order valence-electron chi connectivity index (χ4n) is 2.87. The van der Waals surface area contributed by atoms with Crippen LogP contribution in [0, 0.1) is 5.82 Å². The summed E-state index contributed by atoms with van der Waals surface area (Å²) in [6.45, 7) is 2.53. The van der Waals surface area contributed by atoms with Crippen LogP contribution in [0.3, 0.4) is 0 Å². The van der Waals surface area contributed by atoms with E-state index in [1.165, 1.54) is 23.5 Å². The highest BCUT2D eigenvalue weighted by Gasteiger charge is 2.12. The molecule has 2 aromatic heterocycles. The van der Waals surface area contributed by atoms with E-state index in [9.17, 15) is 9.18 Å². The number of anilines is 1. The maximum atomic E-state index is 13.0. The number of aromatic nitrogens is 3. The summed E-state index contributed by atoms with van der Waals surface area (Å²) in [5.41, 5.74) is 1.49. The summed E-state index contributed by atoms with van der Waals surface area (Å²) in [6.07, 6.45) is 1.32. The number of halogens is 1. The highest BCUT2D eigenvalue weighted by atomic mass is 32.1. The molecule has 0 aliphatic carbocycles. The third-order valence-corrected chi connectivity index (χ3v) is 5.22. The molecule has 4 aromatic rings. The number of carbonyl (C=O) groups excluding carboxylic acids is 1. The number of carbonyl (C=O) groups is 1. The largest absolute Gasteiger partial charge is 0.494 e. The first-order chi connectivity index (χ1) is 14.6. The average molecular weight is 426 g/mol.